The van der Waals surface area contributed by atoms with Gasteiger partial charge in [-0.05, 0) is 27.7 Å². The molecule has 2 saturated heterocycles. The Morgan fingerprint density at radius 2 is 0.778 bits per heavy atom. The van der Waals surface area contributed by atoms with Crippen molar-refractivity contribution in [2.75, 3.05) is 0 Å². The molecule has 1 aliphatic carbocycles. The first-order valence-electron chi connectivity index (χ1n) is 6.91. The number of hydrogen-bond donors (Lipinski definition) is 0. The van der Waals surface area contributed by atoms with Crippen LogP contribution in [0.15, 0.2) is 0 Å². The predicted molar refractivity (Wildman–Crippen MR) is 66.0 cm³/mol. The molecule has 0 aromatic heterocycles. The average molecular weight is 256 g/mol. The first-order chi connectivity index (χ1) is 8.20. The van der Waals surface area contributed by atoms with Gasteiger partial charge in [0.05, 0.1) is 24.4 Å². The molecule has 18 heavy (non-hydrogen) atoms. The highest BCUT2D eigenvalue weighted by molar-refractivity contribution is 5.04. The second kappa shape index (κ2) is 3.69. The fraction of sp³-hybridized carbons (Fsp3) is 1.00. The SMILES string of the molecule is C[C@@H]1[C@H]2OC(C)(C)O[C@@H]2[C@@H](C)[C@@H]2OC(C)(C)O[C@@H]12. The Balaban J connectivity index is 1.88. The second-order valence-corrected chi connectivity index (χ2v) is 6.85. The molecule has 0 bridgehead atoms. The summed E-state index contributed by atoms with van der Waals surface area (Å²) in [7, 11) is 0. The highest BCUT2D eigenvalue weighted by atomic mass is 16.8. The van der Waals surface area contributed by atoms with Crippen LogP contribution in [-0.2, 0) is 18.9 Å². The van der Waals surface area contributed by atoms with Crippen molar-refractivity contribution >= 4 is 0 Å². The van der Waals surface area contributed by atoms with Crippen LogP contribution >= 0.6 is 0 Å². The van der Waals surface area contributed by atoms with Crippen molar-refractivity contribution in [1.82, 2.24) is 0 Å². The highest BCUT2D eigenvalue weighted by Crippen LogP contribution is 2.48. The number of ether oxygens (including phenoxy) is 4. The van der Waals surface area contributed by atoms with Crippen molar-refractivity contribution < 1.29 is 18.9 Å². The molecule has 0 aromatic carbocycles. The van der Waals surface area contributed by atoms with Gasteiger partial charge in [0.25, 0.3) is 0 Å². The Hall–Kier alpha value is -0.160. The van der Waals surface area contributed by atoms with Gasteiger partial charge in [-0.1, -0.05) is 13.8 Å². The van der Waals surface area contributed by atoms with Crippen LogP contribution in [0.1, 0.15) is 41.5 Å². The van der Waals surface area contributed by atoms with Gasteiger partial charge in [-0.15, -0.1) is 0 Å². The van der Waals surface area contributed by atoms with Gasteiger partial charge >= 0.3 is 0 Å². The van der Waals surface area contributed by atoms with E-state index < -0.39 is 11.6 Å². The third-order valence-corrected chi connectivity index (χ3v) is 4.40. The predicted octanol–water partition coefficient (Wildman–Crippen LogP) is 2.31. The highest BCUT2D eigenvalue weighted by Gasteiger charge is 2.60. The molecule has 0 spiro atoms. The lowest BCUT2D eigenvalue weighted by Gasteiger charge is -2.40. The fourth-order valence-electron chi connectivity index (χ4n) is 3.63. The van der Waals surface area contributed by atoms with Crippen LogP contribution in [0.2, 0.25) is 0 Å². The summed E-state index contributed by atoms with van der Waals surface area (Å²) in [4.78, 5) is 0. The summed E-state index contributed by atoms with van der Waals surface area (Å²) in [5.74, 6) is -0.405. The van der Waals surface area contributed by atoms with Gasteiger partial charge in [0.1, 0.15) is 0 Å². The zero-order valence-electron chi connectivity index (χ0n) is 12.1. The maximum Gasteiger partial charge on any atom is 0.163 e. The molecule has 4 heteroatoms. The minimum absolute atomic E-state index is 0.105. The summed E-state index contributed by atoms with van der Waals surface area (Å²) in [6.07, 6.45) is 0.421. The van der Waals surface area contributed by atoms with Gasteiger partial charge in [0.2, 0.25) is 0 Å². The molecule has 0 aromatic rings. The molecule has 0 unspecified atom stereocenters. The Bertz CT molecular complexity index is 290. The van der Waals surface area contributed by atoms with E-state index >= 15 is 0 Å². The number of rotatable bonds is 0. The van der Waals surface area contributed by atoms with Gasteiger partial charge in [0, 0.05) is 11.8 Å². The first kappa shape index (κ1) is 12.9. The third-order valence-electron chi connectivity index (χ3n) is 4.40. The van der Waals surface area contributed by atoms with Gasteiger partial charge < -0.3 is 18.9 Å². The summed E-state index contributed by atoms with van der Waals surface area (Å²) >= 11 is 0. The molecule has 3 aliphatic rings. The largest absolute Gasteiger partial charge is 0.344 e. The summed E-state index contributed by atoms with van der Waals surface area (Å²) < 4.78 is 24.2. The molecular formula is C14H24O4. The van der Waals surface area contributed by atoms with Gasteiger partial charge in [-0.25, -0.2) is 0 Å². The summed E-state index contributed by atoms with van der Waals surface area (Å²) in [5, 5.41) is 0. The van der Waals surface area contributed by atoms with E-state index in [9.17, 15) is 0 Å². The van der Waals surface area contributed by atoms with Gasteiger partial charge in [-0.3, -0.25) is 0 Å². The van der Waals surface area contributed by atoms with Crippen molar-refractivity contribution in [2.24, 2.45) is 11.8 Å². The molecular weight excluding hydrogens is 232 g/mol. The van der Waals surface area contributed by atoms with Crippen LogP contribution < -0.4 is 0 Å². The molecule has 0 N–H and O–H groups in total. The fourth-order valence-corrected chi connectivity index (χ4v) is 3.63. The molecule has 2 aliphatic heterocycles. The zero-order valence-corrected chi connectivity index (χ0v) is 12.1. The minimum Gasteiger partial charge on any atom is -0.344 e. The quantitative estimate of drug-likeness (QED) is 0.666. The standard InChI is InChI=1S/C14H24O4/c1-7-9-11(17-13(3,4)15-9)8(2)12-10(7)16-14(5,6)18-12/h7-12H,1-6H3/t7-,8-,9-,10+,11-,12+. The molecule has 4 nitrogen and oxygen atoms in total. The minimum atomic E-state index is -0.494. The number of fused-ring (bicyclic) bond motifs is 2. The van der Waals surface area contributed by atoms with Crippen molar-refractivity contribution in [3.8, 4) is 0 Å². The Morgan fingerprint density at radius 3 is 1.00 bits per heavy atom. The smallest absolute Gasteiger partial charge is 0.163 e. The molecule has 0 radical (unpaired) electrons. The van der Waals surface area contributed by atoms with E-state index in [0.717, 1.165) is 0 Å². The van der Waals surface area contributed by atoms with Crippen LogP contribution in [0, 0.1) is 11.8 Å². The van der Waals surface area contributed by atoms with E-state index in [4.69, 9.17) is 18.9 Å². The van der Waals surface area contributed by atoms with Crippen LogP contribution in [0.5, 0.6) is 0 Å². The van der Waals surface area contributed by atoms with E-state index in [1.54, 1.807) is 0 Å². The monoisotopic (exact) mass is 256 g/mol. The van der Waals surface area contributed by atoms with E-state index in [2.05, 4.69) is 13.8 Å². The zero-order chi connectivity index (χ0) is 13.3. The van der Waals surface area contributed by atoms with Crippen LogP contribution in [-0.4, -0.2) is 36.0 Å². The van der Waals surface area contributed by atoms with Crippen molar-refractivity contribution in [3.63, 3.8) is 0 Å². The Morgan fingerprint density at radius 1 is 0.556 bits per heavy atom. The van der Waals surface area contributed by atoms with Crippen LogP contribution in [0.4, 0.5) is 0 Å². The average Bonchev–Trinajstić information content (AvgIpc) is 2.72. The van der Waals surface area contributed by atoms with Gasteiger partial charge in [0.15, 0.2) is 11.6 Å². The first-order valence-corrected chi connectivity index (χ1v) is 6.91. The van der Waals surface area contributed by atoms with Crippen molar-refractivity contribution in [3.05, 3.63) is 0 Å². The van der Waals surface area contributed by atoms with Crippen LogP contribution in [0.3, 0.4) is 0 Å². The lowest BCUT2D eigenvalue weighted by molar-refractivity contribution is -0.172. The van der Waals surface area contributed by atoms with Crippen LogP contribution in [0.25, 0.3) is 0 Å². The summed E-state index contributed by atoms with van der Waals surface area (Å²) in [5.41, 5.74) is 0. The molecule has 6 atom stereocenters. The Labute approximate surface area is 109 Å². The molecule has 0 amide bonds. The normalized spacial score (nSPS) is 53.0. The lowest BCUT2D eigenvalue weighted by Crippen LogP contribution is -2.53. The maximum absolute atomic E-state index is 6.05. The molecule has 3 fully saturated rings. The lowest BCUT2D eigenvalue weighted by atomic mass is 9.75. The second-order valence-electron chi connectivity index (χ2n) is 6.85. The van der Waals surface area contributed by atoms with E-state index in [1.807, 2.05) is 27.7 Å². The molecule has 2 heterocycles. The maximum atomic E-state index is 6.05. The summed E-state index contributed by atoms with van der Waals surface area (Å²) in [6.45, 7) is 12.3. The van der Waals surface area contributed by atoms with Gasteiger partial charge in [-0.2, -0.15) is 0 Å². The third kappa shape index (κ3) is 1.82. The van der Waals surface area contributed by atoms with E-state index in [-0.39, 0.29) is 24.4 Å². The number of hydrogen-bond acceptors (Lipinski definition) is 4. The van der Waals surface area contributed by atoms with Crippen molar-refractivity contribution in [2.45, 2.75) is 77.5 Å². The van der Waals surface area contributed by atoms with E-state index in [0.29, 0.717) is 11.8 Å². The van der Waals surface area contributed by atoms with E-state index in [1.165, 1.54) is 0 Å². The molecule has 104 valence electrons. The Kier molecular flexibility index (Phi) is 2.63. The molecule has 3 rings (SSSR count). The summed E-state index contributed by atoms with van der Waals surface area (Å²) in [6, 6.07) is 0. The topological polar surface area (TPSA) is 36.9 Å². The molecule has 1 saturated carbocycles. The van der Waals surface area contributed by atoms with Crippen molar-refractivity contribution in [1.29, 1.82) is 0 Å².